The van der Waals surface area contributed by atoms with Crippen molar-refractivity contribution in [1.82, 2.24) is 4.90 Å². The van der Waals surface area contributed by atoms with E-state index in [1.807, 2.05) is 37.3 Å². The van der Waals surface area contributed by atoms with Crippen LogP contribution >= 0.6 is 0 Å². The molecule has 1 aliphatic rings. The monoisotopic (exact) mass is 291 g/mol. The highest BCUT2D eigenvalue weighted by molar-refractivity contribution is 5.80. The van der Waals surface area contributed by atoms with Crippen LogP contribution in [0.25, 0.3) is 0 Å². The van der Waals surface area contributed by atoms with Crippen LogP contribution in [0, 0.1) is 5.92 Å². The number of carboxylic acids is 1. The summed E-state index contributed by atoms with van der Waals surface area (Å²) in [5.41, 5.74) is 0.967. The van der Waals surface area contributed by atoms with E-state index in [0.29, 0.717) is 13.2 Å². The minimum Gasteiger partial charge on any atom is -0.481 e. The summed E-state index contributed by atoms with van der Waals surface area (Å²) >= 11 is 0. The number of ether oxygens (including phenoxy) is 1. The lowest BCUT2D eigenvalue weighted by Gasteiger charge is -2.16. The van der Waals surface area contributed by atoms with Crippen molar-refractivity contribution in [2.24, 2.45) is 5.92 Å². The average molecular weight is 291 g/mol. The Balaban J connectivity index is 2.05. The van der Waals surface area contributed by atoms with Crippen LogP contribution in [0.2, 0.25) is 0 Å². The maximum Gasteiger partial charge on any atom is 0.308 e. The summed E-state index contributed by atoms with van der Waals surface area (Å²) in [6, 6.07) is 9.52. The van der Waals surface area contributed by atoms with Crippen molar-refractivity contribution in [3.8, 4) is 0 Å². The van der Waals surface area contributed by atoms with Crippen molar-refractivity contribution < 1.29 is 19.4 Å². The number of rotatable bonds is 6. The smallest absolute Gasteiger partial charge is 0.308 e. The van der Waals surface area contributed by atoms with Crippen LogP contribution in [0.5, 0.6) is 0 Å². The van der Waals surface area contributed by atoms with Gasteiger partial charge in [-0.2, -0.15) is 0 Å². The van der Waals surface area contributed by atoms with E-state index >= 15 is 0 Å². The third-order valence-electron chi connectivity index (χ3n) is 3.79. The van der Waals surface area contributed by atoms with Gasteiger partial charge in [-0.05, 0) is 12.0 Å². The molecule has 1 saturated heterocycles. The molecule has 2 atom stereocenters. The summed E-state index contributed by atoms with van der Waals surface area (Å²) in [5, 5.41) is 9.39. The van der Waals surface area contributed by atoms with Crippen molar-refractivity contribution in [3.05, 3.63) is 35.9 Å². The Labute approximate surface area is 124 Å². The van der Waals surface area contributed by atoms with Gasteiger partial charge in [0.25, 0.3) is 0 Å². The quantitative estimate of drug-likeness (QED) is 0.811. The lowest BCUT2D eigenvalue weighted by molar-refractivity contribution is -0.142. The Kier molecular flexibility index (Phi) is 5.33. The molecule has 0 radical (unpaired) electrons. The standard InChI is InChI=1S/C16H21NO4/c1-2-8-21-11-15(18)17-9-13(14(10-17)16(19)20)12-6-4-3-5-7-12/h3-7,13-14H,2,8-11H2,1H3,(H,19,20)/t13-,14+/m1/s1. The molecular formula is C16H21NO4. The van der Waals surface area contributed by atoms with Gasteiger partial charge in [-0.3, -0.25) is 9.59 Å². The van der Waals surface area contributed by atoms with Crippen LogP contribution in [0.4, 0.5) is 0 Å². The summed E-state index contributed by atoms with van der Waals surface area (Å²) in [6.07, 6.45) is 0.859. The lowest BCUT2D eigenvalue weighted by atomic mass is 9.89. The van der Waals surface area contributed by atoms with Gasteiger partial charge in [-0.25, -0.2) is 0 Å². The zero-order valence-electron chi connectivity index (χ0n) is 12.2. The third-order valence-corrected chi connectivity index (χ3v) is 3.79. The van der Waals surface area contributed by atoms with E-state index in [1.54, 1.807) is 4.90 Å². The molecule has 1 amide bonds. The topological polar surface area (TPSA) is 66.8 Å². The molecule has 2 rings (SSSR count). The highest BCUT2D eigenvalue weighted by Gasteiger charge is 2.40. The van der Waals surface area contributed by atoms with Gasteiger partial charge in [-0.1, -0.05) is 37.3 Å². The first-order valence-corrected chi connectivity index (χ1v) is 7.26. The fourth-order valence-electron chi connectivity index (χ4n) is 2.69. The zero-order chi connectivity index (χ0) is 15.2. The normalized spacial score (nSPS) is 21.5. The molecule has 0 saturated carbocycles. The fraction of sp³-hybridized carbons (Fsp3) is 0.500. The maximum atomic E-state index is 12.1. The van der Waals surface area contributed by atoms with E-state index in [1.165, 1.54) is 0 Å². The van der Waals surface area contributed by atoms with Crippen molar-refractivity contribution >= 4 is 11.9 Å². The van der Waals surface area contributed by atoms with Gasteiger partial charge < -0.3 is 14.7 Å². The minimum absolute atomic E-state index is 0.0295. The Hall–Kier alpha value is -1.88. The zero-order valence-corrected chi connectivity index (χ0v) is 12.2. The van der Waals surface area contributed by atoms with E-state index in [4.69, 9.17) is 4.74 Å². The van der Waals surface area contributed by atoms with Gasteiger partial charge in [0.2, 0.25) is 5.91 Å². The fourth-order valence-corrected chi connectivity index (χ4v) is 2.69. The first-order chi connectivity index (χ1) is 10.1. The number of amides is 1. The number of hydrogen-bond donors (Lipinski definition) is 1. The summed E-state index contributed by atoms with van der Waals surface area (Å²) in [7, 11) is 0. The van der Waals surface area contributed by atoms with Crippen molar-refractivity contribution in [2.45, 2.75) is 19.3 Å². The second-order valence-corrected chi connectivity index (χ2v) is 5.31. The highest BCUT2D eigenvalue weighted by Crippen LogP contribution is 2.32. The largest absolute Gasteiger partial charge is 0.481 e. The summed E-state index contributed by atoms with van der Waals surface area (Å²) in [4.78, 5) is 25.1. The van der Waals surface area contributed by atoms with Crippen molar-refractivity contribution in [3.63, 3.8) is 0 Å². The Morgan fingerprint density at radius 1 is 1.29 bits per heavy atom. The molecule has 0 aromatic heterocycles. The number of benzene rings is 1. The molecule has 1 aliphatic heterocycles. The molecule has 1 aromatic rings. The van der Waals surface area contributed by atoms with Gasteiger partial charge >= 0.3 is 5.97 Å². The Morgan fingerprint density at radius 2 is 2.00 bits per heavy atom. The van der Waals surface area contributed by atoms with Crippen LogP contribution in [0.1, 0.15) is 24.8 Å². The SMILES string of the molecule is CCCOCC(=O)N1C[C@H](C(=O)O)[C@@H](c2ccccc2)C1. The highest BCUT2D eigenvalue weighted by atomic mass is 16.5. The van der Waals surface area contributed by atoms with Crippen LogP contribution in [0.15, 0.2) is 30.3 Å². The molecule has 1 fully saturated rings. The predicted molar refractivity (Wildman–Crippen MR) is 78.0 cm³/mol. The molecule has 1 heterocycles. The molecular weight excluding hydrogens is 270 g/mol. The molecule has 1 aromatic carbocycles. The van der Waals surface area contributed by atoms with Gasteiger partial charge in [-0.15, -0.1) is 0 Å². The first-order valence-electron chi connectivity index (χ1n) is 7.26. The number of aliphatic carboxylic acids is 1. The van der Waals surface area contributed by atoms with E-state index in [-0.39, 0.29) is 25.0 Å². The summed E-state index contributed by atoms with van der Waals surface area (Å²) < 4.78 is 5.26. The number of hydrogen-bond acceptors (Lipinski definition) is 3. The van der Waals surface area contributed by atoms with E-state index in [0.717, 1.165) is 12.0 Å². The van der Waals surface area contributed by atoms with Gasteiger partial charge in [0.1, 0.15) is 6.61 Å². The van der Waals surface area contributed by atoms with Crippen LogP contribution in [-0.2, 0) is 14.3 Å². The summed E-state index contributed by atoms with van der Waals surface area (Å²) in [5.74, 6) is -1.69. The average Bonchev–Trinajstić information content (AvgIpc) is 2.94. The molecule has 0 unspecified atom stereocenters. The Morgan fingerprint density at radius 3 is 2.62 bits per heavy atom. The molecule has 0 aliphatic carbocycles. The van der Waals surface area contributed by atoms with Crippen LogP contribution in [-0.4, -0.2) is 48.2 Å². The number of carbonyl (C=O) groups excluding carboxylic acids is 1. The van der Waals surface area contributed by atoms with E-state index in [2.05, 4.69) is 0 Å². The molecule has 5 nitrogen and oxygen atoms in total. The van der Waals surface area contributed by atoms with Gasteiger partial charge in [0.05, 0.1) is 5.92 Å². The summed E-state index contributed by atoms with van der Waals surface area (Å²) in [6.45, 7) is 3.25. The number of likely N-dealkylation sites (tertiary alicyclic amines) is 1. The lowest BCUT2D eigenvalue weighted by Crippen LogP contribution is -2.33. The first kappa shape index (κ1) is 15.5. The van der Waals surface area contributed by atoms with Crippen LogP contribution < -0.4 is 0 Å². The van der Waals surface area contributed by atoms with E-state index < -0.39 is 11.9 Å². The van der Waals surface area contributed by atoms with Crippen LogP contribution in [0.3, 0.4) is 0 Å². The maximum absolute atomic E-state index is 12.1. The Bertz CT molecular complexity index is 488. The molecule has 0 bridgehead atoms. The third kappa shape index (κ3) is 3.82. The predicted octanol–water partition coefficient (Wildman–Crippen LogP) is 1.74. The number of carboxylic acid groups (broad SMARTS) is 1. The molecule has 1 N–H and O–H groups in total. The van der Waals surface area contributed by atoms with Crippen molar-refractivity contribution in [2.75, 3.05) is 26.3 Å². The molecule has 21 heavy (non-hydrogen) atoms. The number of nitrogens with zero attached hydrogens (tertiary/aromatic N) is 1. The minimum atomic E-state index is -0.853. The van der Waals surface area contributed by atoms with Crippen molar-refractivity contribution in [1.29, 1.82) is 0 Å². The molecule has 5 heteroatoms. The van der Waals surface area contributed by atoms with Gasteiger partial charge in [0, 0.05) is 25.6 Å². The number of carbonyl (C=O) groups is 2. The second kappa shape index (κ2) is 7.22. The molecule has 0 spiro atoms. The molecule has 114 valence electrons. The second-order valence-electron chi connectivity index (χ2n) is 5.31. The van der Waals surface area contributed by atoms with E-state index in [9.17, 15) is 14.7 Å². The van der Waals surface area contributed by atoms with Gasteiger partial charge in [0.15, 0.2) is 0 Å².